The maximum Gasteiger partial charge on any atom is 0.226 e. The van der Waals surface area contributed by atoms with Crippen molar-refractivity contribution in [2.24, 2.45) is 5.92 Å². The van der Waals surface area contributed by atoms with Crippen molar-refractivity contribution in [1.29, 1.82) is 0 Å². The van der Waals surface area contributed by atoms with Crippen LogP contribution in [0.1, 0.15) is 32.1 Å². The largest absolute Gasteiger partial charge is 0.311 e. The van der Waals surface area contributed by atoms with E-state index in [1.807, 2.05) is 24.3 Å². The molecule has 22 heavy (non-hydrogen) atoms. The van der Waals surface area contributed by atoms with Gasteiger partial charge in [-0.25, -0.2) is 4.98 Å². The Morgan fingerprint density at radius 1 is 1.27 bits per heavy atom. The number of thiazole rings is 1. The summed E-state index contributed by atoms with van der Waals surface area (Å²) in [6.45, 7) is 0. The van der Waals surface area contributed by atoms with Crippen molar-refractivity contribution >= 4 is 45.0 Å². The third-order valence-corrected chi connectivity index (χ3v) is 5.54. The molecule has 1 aromatic heterocycles. The second kappa shape index (κ2) is 6.52. The van der Waals surface area contributed by atoms with Gasteiger partial charge in [-0.05, 0) is 43.7 Å². The second-order valence-corrected chi connectivity index (χ2v) is 7.24. The van der Waals surface area contributed by atoms with Gasteiger partial charge in [0.15, 0.2) is 5.13 Å². The molecule has 2 unspecified atom stereocenters. The summed E-state index contributed by atoms with van der Waals surface area (Å²) in [6, 6.07) is 9.27. The van der Waals surface area contributed by atoms with E-state index in [9.17, 15) is 4.79 Å². The number of hydrogen-bond acceptors (Lipinski definition) is 4. The van der Waals surface area contributed by atoms with Gasteiger partial charge in [0.05, 0.1) is 10.2 Å². The minimum atomic E-state index is 0. The Kier molecular flexibility index (Phi) is 4.66. The van der Waals surface area contributed by atoms with E-state index in [1.165, 1.54) is 12.8 Å². The number of piperidine rings is 1. The molecule has 2 fully saturated rings. The molecule has 2 aliphatic heterocycles. The summed E-state index contributed by atoms with van der Waals surface area (Å²) < 4.78 is 1.12. The van der Waals surface area contributed by atoms with Gasteiger partial charge in [0, 0.05) is 18.5 Å². The van der Waals surface area contributed by atoms with Crippen molar-refractivity contribution in [2.75, 3.05) is 5.32 Å². The van der Waals surface area contributed by atoms with Crippen molar-refractivity contribution < 1.29 is 4.79 Å². The Morgan fingerprint density at radius 3 is 2.73 bits per heavy atom. The number of amides is 1. The Hall–Kier alpha value is -1.17. The van der Waals surface area contributed by atoms with E-state index in [2.05, 4.69) is 15.6 Å². The molecule has 0 radical (unpaired) electrons. The quantitative estimate of drug-likeness (QED) is 0.900. The molecule has 3 heterocycles. The molecule has 1 aromatic carbocycles. The van der Waals surface area contributed by atoms with Gasteiger partial charge in [-0.1, -0.05) is 23.5 Å². The molecule has 2 aliphatic rings. The summed E-state index contributed by atoms with van der Waals surface area (Å²) in [6.07, 6.45) is 5.47. The van der Waals surface area contributed by atoms with Gasteiger partial charge in [0.2, 0.25) is 5.91 Å². The number of benzene rings is 1. The van der Waals surface area contributed by atoms with Crippen molar-refractivity contribution in [3.63, 3.8) is 0 Å². The van der Waals surface area contributed by atoms with E-state index in [-0.39, 0.29) is 18.3 Å². The third-order valence-electron chi connectivity index (χ3n) is 4.59. The molecular formula is C16H20ClN3OS. The smallest absolute Gasteiger partial charge is 0.226 e. The first-order chi connectivity index (χ1) is 10.3. The van der Waals surface area contributed by atoms with E-state index >= 15 is 0 Å². The summed E-state index contributed by atoms with van der Waals surface area (Å²) in [7, 11) is 0. The van der Waals surface area contributed by atoms with Gasteiger partial charge in [0.25, 0.3) is 0 Å². The highest BCUT2D eigenvalue weighted by molar-refractivity contribution is 7.22. The molecule has 2 N–H and O–H groups in total. The summed E-state index contributed by atoms with van der Waals surface area (Å²) in [4.78, 5) is 16.7. The fourth-order valence-corrected chi connectivity index (χ4v) is 4.58. The lowest BCUT2D eigenvalue weighted by Gasteiger charge is -2.28. The molecule has 6 heteroatoms. The van der Waals surface area contributed by atoms with Crippen LogP contribution < -0.4 is 10.6 Å². The zero-order valence-corrected chi connectivity index (χ0v) is 13.9. The molecule has 2 atom stereocenters. The number of halogens is 1. The molecule has 1 amide bonds. The molecule has 0 saturated carbocycles. The Labute approximate surface area is 140 Å². The van der Waals surface area contributed by atoms with Gasteiger partial charge in [-0.3, -0.25) is 4.79 Å². The van der Waals surface area contributed by atoms with Crippen LogP contribution in [0.4, 0.5) is 5.13 Å². The molecule has 118 valence electrons. The molecular weight excluding hydrogens is 318 g/mol. The van der Waals surface area contributed by atoms with E-state index in [4.69, 9.17) is 0 Å². The maximum atomic E-state index is 12.2. The standard InChI is InChI=1S/C16H19N3OS.ClH/c20-15(9-10-7-11-5-6-12(8-10)17-11)19-16-18-13-3-1-2-4-14(13)21-16;/h1-4,10-12,17H,5-9H2,(H,18,19,20);1H. The number of nitrogens with one attached hydrogen (secondary N) is 2. The Balaban J connectivity index is 0.00000144. The van der Waals surface area contributed by atoms with Gasteiger partial charge in [-0.2, -0.15) is 0 Å². The number of nitrogens with zero attached hydrogens (tertiary/aromatic N) is 1. The lowest BCUT2D eigenvalue weighted by atomic mass is 9.89. The first-order valence-corrected chi connectivity index (χ1v) is 8.49. The molecule has 4 nitrogen and oxygen atoms in total. The summed E-state index contributed by atoms with van der Waals surface area (Å²) in [5, 5.41) is 7.32. The SMILES string of the molecule is Cl.O=C(CC1CC2CCC(C1)N2)Nc1nc2ccccc2s1. The lowest BCUT2D eigenvalue weighted by Crippen LogP contribution is -2.39. The number of para-hydroxylation sites is 1. The average Bonchev–Trinajstić information content (AvgIpc) is 3.01. The van der Waals surface area contributed by atoms with Crippen LogP contribution >= 0.6 is 23.7 Å². The monoisotopic (exact) mass is 337 g/mol. The van der Waals surface area contributed by atoms with Crippen LogP contribution in [0.15, 0.2) is 24.3 Å². The zero-order valence-electron chi connectivity index (χ0n) is 12.2. The highest BCUT2D eigenvalue weighted by atomic mass is 35.5. The van der Waals surface area contributed by atoms with Crippen molar-refractivity contribution in [2.45, 2.75) is 44.2 Å². The van der Waals surface area contributed by atoms with Crippen molar-refractivity contribution in [1.82, 2.24) is 10.3 Å². The van der Waals surface area contributed by atoms with Crippen LogP contribution in [0.3, 0.4) is 0 Å². The number of fused-ring (bicyclic) bond motifs is 3. The van der Waals surface area contributed by atoms with Crippen molar-refractivity contribution in [3.05, 3.63) is 24.3 Å². The number of carbonyl (C=O) groups is 1. The number of rotatable bonds is 3. The van der Waals surface area contributed by atoms with Gasteiger partial charge in [0.1, 0.15) is 0 Å². The first kappa shape index (κ1) is 15.7. The summed E-state index contributed by atoms with van der Waals surface area (Å²) >= 11 is 1.55. The molecule has 0 aliphatic carbocycles. The van der Waals surface area contributed by atoms with Crippen LogP contribution in [0.2, 0.25) is 0 Å². The van der Waals surface area contributed by atoms with E-state index in [1.54, 1.807) is 11.3 Å². The number of carbonyl (C=O) groups excluding carboxylic acids is 1. The summed E-state index contributed by atoms with van der Waals surface area (Å²) in [5.41, 5.74) is 0.956. The third kappa shape index (κ3) is 3.26. The van der Waals surface area contributed by atoms with E-state index in [0.29, 0.717) is 24.4 Å². The predicted octanol–water partition coefficient (Wildman–Crippen LogP) is 3.58. The first-order valence-electron chi connectivity index (χ1n) is 7.68. The number of anilines is 1. The number of hydrogen-bond donors (Lipinski definition) is 2. The normalized spacial score (nSPS) is 26.6. The minimum absolute atomic E-state index is 0. The van der Waals surface area contributed by atoms with Crippen LogP contribution in [0, 0.1) is 5.92 Å². The van der Waals surface area contributed by atoms with Crippen LogP contribution in [-0.2, 0) is 4.79 Å². The average molecular weight is 338 g/mol. The van der Waals surface area contributed by atoms with Gasteiger partial charge < -0.3 is 10.6 Å². The number of aromatic nitrogens is 1. The fraction of sp³-hybridized carbons (Fsp3) is 0.500. The molecule has 2 bridgehead atoms. The van der Waals surface area contributed by atoms with Crippen LogP contribution in [0.25, 0.3) is 10.2 Å². The van der Waals surface area contributed by atoms with E-state index < -0.39 is 0 Å². The predicted molar refractivity (Wildman–Crippen MR) is 92.8 cm³/mol. The maximum absolute atomic E-state index is 12.2. The molecule has 0 spiro atoms. The van der Waals surface area contributed by atoms with Gasteiger partial charge in [-0.15, -0.1) is 12.4 Å². The topological polar surface area (TPSA) is 54.0 Å². The highest BCUT2D eigenvalue weighted by Gasteiger charge is 2.34. The second-order valence-electron chi connectivity index (χ2n) is 6.21. The fourth-order valence-electron chi connectivity index (χ4n) is 3.70. The van der Waals surface area contributed by atoms with Gasteiger partial charge >= 0.3 is 0 Å². The molecule has 2 saturated heterocycles. The van der Waals surface area contributed by atoms with E-state index in [0.717, 1.165) is 28.2 Å². The van der Waals surface area contributed by atoms with Crippen LogP contribution in [0.5, 0.6) is 0 Å². The molecule has 4 rings (SSSR count). The lowest BCUT2D eigenvalue weighted by molar-refractivity contribution is -0.117. The Bertz CT molecular complexity index is 629. The highest BCUT2D eigenvalue weighted by Crippen LogP contribution is 2.33. The van der Waals surface area contributed by atoms with Crippen molar-refractivity contribution in [3.8, 4) is 0 Å². The molecule has 2 aromatic rings. The summed E-state index contributed by atoms with van der Waals surface area (Å²) in [5.74, 6) is 0.637. The van der Waals surface area contributed by atoms with Crippen LogP contribution in [-0.4, -0.2) is 23.0 Å². The Morgan fingerprint density at radius 2 is 2.00 bits per heavy atom. The minimum Gasteiger partial charge on any atom is -0.311 e. The zero-order chi connectivity index (χ0) is 14.2.